The molecule has 0 aliphatic carbocycles. The van der Waals surface area contributed by atoms with E-state index in [0.717, 1.165) is 0 Å². The van der Waals surface area contributed by atoms with Gasteiger partial charge in [-0.25, -0.2) is 9.78 Å². The normalized spacial score (nSPS) is 10.8. The summed E-state index contributed by atoms with van der Waals surface area (Å²) in [4.78, 5) is 21.2. The highest BCUT2D eigenvalue weighted by atomic mass is 19.1. The Hall–Kier alpha value is -2.51. The lowest BCUT2D eigenvalue weighted by Crippen LogP contribution is -2.33. The zero-order valence-electron chi connectivity index (χ0n) is 12.7. The van der Waals surface area contributed by atoms with Gasteiger partial charge in [0.05, 0.1) is 11.9 Å². The summed E-state index contributed by atoms with van der Waals surface area (Å²) in [6.45, 7) is 4.36. The lowest BCUT2D eigenvalue weighted by atomic mass is 10.2. The molecule has 22 heavy (non-hydrogen) atoms. The Balaban J connectivity index is 1.84. The highest BCUT2D eigenvalue weighted by Gasteiger charge is 2.13. The van der Waals surface area contributed by atoms with E-state index in [9.17, 15) is 9.18 Å². The van der Waals surface area contributed by atoms with Crippen molar-refractivity contribution in [2.75, 3.05) is 18.9 Å². The Morgan fingerprint density at radius 1 is 1.45 bits per heavy atom. The Bertz CT molecular complexity index is 626. The highest BCUT2D eigenvalue weighted by molar-refractivity contribution is 5.88. The summed E-state index contributed by atoms with van der Waals surface area (Å²) in [5.74, 6) is 0.726. The van der Waals surface area contributed by atoms with Crippen molar-refractivity contribution in [2.45, 2.75) is 26.2 Å². The van der Waals surface area contributed by atoms with Crippen LogP contribution in [0.25, 0.3) is 0 Å². The number of carbonyl (C=O) groups is 1. The van der Waals surface area contributed by atoms with E-state index in [0.29, 0.717) is 30.4 Å². The summed E-state index contributed by atoms with van der Waals surface area (Å²) in [5.41, 5.74) is 0.430. The van der Waals surface area contributed by atoms with Crippen LogP contribution in [0, 0.1) is 5.95 Å². The maximum atomic E-state index is 12.7. The highest BCUT2D eigenvalue weighted by Crippen LogP contribution is 2.11. The number of halogens is 1. The summed E-state index contributed by atoms with van der Waals surface area (Å²) in [5, 5.41) is 6.49. The van der Waals surface area contributed by atoms with Crippen molar-refractivity contribution < 1.29 is 13.7 Å². The predicted molar refractivity (Wildman–Crippen MR) is 77.9 cm³/mol. The molecule has 0 aliphatic heterocycles. The number of likely N-dealkylation sites (N-methyl/N-ethyl adjacent to an activating group) is 1. The number of nitrogens with zero attached hydrogens (tertiary/aromatic N) is 4. The molecule has 0 saturated carbocycles. The molecule has 2 heterocycles. The monoisotopic (exact) mass is 307 g/mol. The van der Waals surface area contributed by atoms with Crippen molar-refractivity contribution in [3.05, 3.63) is 36.0 Å². The lowest BCUT2D eigenvalue weighted by Gasteiger charge is -2.16. The van der Waals surface area contributed by atoms with Gasteiger partial charge in [-0.05, 0) is 12.1 Å². The van der Waals surface area contributed by atoms with Gasteiger partial charge in [-0.1, -0.05) is 19.0 Å². The van der Waals surface area contributed by atoms with Crippen molar-refractivity contribution in [2.24, 2.45) is 0 Å². The number of amides is 2. The van der Waals surface area contributed by atoms with Gasteiger partial charge in [0, 0.05) is 25.9 Å². The van der Waals surface area contributed by atoms with Crippen LogP contribution in [0.2, 0.25) is 0 Å². The quantitative estimate of drug-likeness (QED) is 0.858. The van der Waals surface area contributed by atoms with Gasteiger partial charge in [0.25, 0.3) is 0 Å². The summed E-state index contributed by atoms with van der Waals surface area (Å²) in [6.07, 6.45) is 1.75. The summed E-state index contributed by atoms with van der Waals surface area (Å²) < 4.78 is 17.8. The Kier molecular flexibility index (Phi) is 5.03. The van der Waals surface area contributed by atoms with E-state index in [4.69, 9.17) is 4.52 Å². The second-order valence-electron chi connectivity index (χ2n) is 5.17. The molecule has 0 spiro atoms. The van der Waals surface area contributed by atoms with Gasteiger partial charge in [0.1, 0.15) is 0 Å². The number of carbonyl (C=O) groups excluding carboxylic acids is 1. The van der Waals surface area contributed by atoms with E-state index in [1.54, 1.807) is 7.05 Å². The number of pyridine rings is 1. The van der Waals surface area contributed by atoms with E-state index in [1.165, 1.54) is 23.2 Å². The molecule has 0 aliphatic rings. The van der Waals surface area contributed by atoms with Crippen molar-refractivity contribution in [1.29, 1.82) is 0 Å². The number of rotatable bonds is 5. The SMILES string of the molecule is CC(C)c1nc(CCN(C)C(=O)Nc2ccc(F)nc2)no1. The minimum atomic E-state index is -0.593. The second kappa shape index (κ2) is 6.97. The van der Waals surface area contributed by atoms with Gasteiger partial charge in [0.2, 0.25) is 11.8 Å². The first-order valence-electron chi connectivity index (χ1n) is 6.92. The fourth-order valence-corrected chi connectivity index (χ4v) is 1.64. The topological polar surface area (TPSA) is 84.2 Å². The summed E-state index contributed by atoms with van der Waals surface area (Å²) in [6, 6.07) is 2.31. The smallest absolute Gasteiger partial charge is 0.321 e. The number of nitrogens with one attached hydrogen (secondary N) is 1. The maximum absolute atomic E-state index is 12.7. The molecule has 0 saturated heterocycles. The Morgan fingerprint density at radius 3 is 2.82 bits per heavy atom. The average Bonchev–Trinajstić information content (AvgIpc) is 2.96. The minimum absolute atomic E-state index is 0.174. The fraction of sp³-hybridized carbons (Fsp3) is 0.429. The van der Waals surface area contributed by atoms with E-state index < -0.39 is 5.95 Å². The zero-order valence-corrected chi connectivity index (χ0v) is 12.7. The van der Waals surface area contributed by atoms with Gasteiger partial charge in [-0.3, -0.25) is 0 Å². The number of hydrogen-bond acceptors (Lipinski definition) is 5. The third-order valence-electron chi connectivity index (χ3n) is 2.97. The molecular formula is C14H18FN5O2. The van der Waals surface area contributed by atoms with E-state index in [2.05, 4.69) is 20.4 Å². The van der Waals surface area contributed by atoms with Crippen LogP contribution in [-0.4, -0.2) is 39.6 Å². The molecule has 2 aromatic rings. The van der Waals surface area contributed by atoms with Crippen LogP contribution in [0.3, 0.4) is 0 Å². The molecule has 7 nitrogen and oxygen atoms in total. The van der Waals surface area contributed by atoms with Gasteiger partial charge >= 0.3 is 6.03 Å². The standard InChI is InChI=1S/C14H18FN5O2/c1-9(2)13-18-12(19-22-13)6-7-20(3)14(21)17-10-4-5-11(15)16-8-10/h4-5,8-9H,6-7H2,1-3H3,(H,17,21). The lowest BCUT2D eigenvalue weighted by molar-refractivity contribution is 0.222. The minimum Gasteiger partial charge on any atom is -0.339 e. The van der Waals surface area contributed by atoms with Crippen molar-refractivity contribution >= 4 is 11.7 Å². The molecule has 118 valence electrons. The predicted octanol–water partition coefficient (Wildman–Crippen LogP) is 2.43. The molecule has 2 aromatic heterocycles. The molecule has 0 atom stereocenters. The molecular weight excluding hydrogens is 289 g/mol. The first-order chi connectivity index (χ1) is 10.5. The second-order valence-corrected chi connectivity index (χ2v) is 5.17. The van der Waals surface area contributed by atoms with Gasteiger partial charge in [-0.2, -0.15) is 9.37 Å². The number of hydrogen-bond donors (Lipinski definition) is 1. The van der Waals surface area contributed by atoms with Gasteiger partial charge in [0.15, 0.2) is 5.82 Å². The third kappa shape index (κ3) is 4.24. The zero-order chi connectivity index (χ0) is 16.1. The molecule has 0 aromatic carbocycles. The van der Waals surface area contributed by atoms with Crippen LogP contribution in [0.1, 0.15) is 31.5 Å². The maximum Gasteiger partial charge on any atom is 0.321 e. The number of anilines is 1. The van der Waals surface area contributed by atoms with Crippen molar-refractivity contribution in [3.63, 3.8) is 0 Å². The fourth-order valence-electron chi connectivity index (χ4n) is 1.64. The van der Waals surface area contributed by atoms with E-state index in [1.807, 2.05) is 13.8 Å². The molecule has 2 rings (SSSR count). The molecule has 0 unspecified atom stereocenters. The third-order valence-corrected chi connectivity index (χ3v) is 2.97. The van der Waals surface area contributed by atoms with Crippen LogP contribution < -0.4 is 5.32 Å². The average molecular weight is 307 g/mol. The van der Waals surface area contributed by atoms with Crippen LogP contribution in [0.4, 0.5) is 14.9 Å². The van der Waals surface area contributed by atoms with Crippen molar-refractivity contribution in [1.82, 2.24) is 20.0 Å². The summed E-state index contributed by atoms with van der Waals surface area (Å²) >= 11 is 0. The number of urea groups is 1. The van der Waals surface area contributed by atoms with Crippen molar-refractivity contribution in [3.8, 4) is 0 Å². The largest absolute Gasteiger partial charge is 0.339 e. The van der Waals surface area contributed by atoms with Crippen LogP contribution >= 0.6 is 0 Å². The molecule has 1 N–H and O–H groups in total. The van der Waals surface area contributed by atoms with Crippen LogP contribution in [0.5, 0.6) is 0 Å². The van der Waals surface area contributed by atoms with E-state index >= 15 is 0 Å². The van der Waals surface area contributed by atoms with E-state index in [-0.39, 0.29) is 11.9 Å². The Morgan fingerprint density at radius 2 is 2.23 bits per heavy atom. The van der Waals surface area contributed by atoms with Crippen LogP contribution in [-0.2, 0) is 6.42 Å². The van der Waals surface area contributed by atoms with Crippen LogP contribution in [0.15, 0.2) is 22.9 Å². The first kappa shape index (κ1) is 15.9. The molecule has 0 fully saturated rings. The van der Waals surface area contributed by atoms with Gasteiger partial charge in [-0.15, -0.1) is 0 Å². The van der Waals surface area contributed by atoms with Gasteiger partial charge < -0.3 is 14.7 Å². The summed E-state index contributed by atoms with van der Waals surface area (Å²) in [7, 11) is 1.65. The molecule has 0 bridgehead atoms. The molecule has 2 amide bonds. The Labute approximate surface area is 127 Å². The number of aromatic nitrogens is 3. The molecule has 0 radical (unpaired) electrons. The molecule has 8 heteroatoms. The first-order valence-corrected chi connectivity index (χ1v) is 6.92.